The number of aromatic nitrogens is 2. The van der Waals surface area contributed by atoms with Crippen LogP contribution in [-0.2, 0) is 0 Å². The standard InChI is InChI=1S/C15H18N4O2S/c1-2-16-15-18-9-12(22-15)14(20)19-8-6-11(10-19)21-13-5-3-4-7-17-13/h3-5,7,9,11H,2,6,8,10H2,1H3,(H,16,18)/t11-/m1/s1. The summed E-state index contributed by atoms with van der Waals surface area (Å²) in [5.41, 5.74) is 0. The van der Waals surface area contributed by atoms with Crippen LogP contribution in [0.3, 0.4) is 0 Å². The lowest BCUT2D eigenvalue weighted by atomic mass is 10.3. The molecular formula is C15H18N4O2S. The summed E-state index contributed by atoms with van der Waals surface area (Å²) in [4.78, 5) is 23.3. The third-order valence-corrected chi connectivity index (χ3v) is 4.34. The number of nitrogens with one attached hydrogen (secondary N) is 1. The lowest BCUT2D eigenvalue weighted by Crippen LogP contribution is -2.30. The molecule has 0 radical (unpaired) electrons. The van der Waals surface area contributed by atoms with E-state index in [0.717, 1.165) is 18.1 Å². The van der Waals surface area contributed by atoms with Gasteiger partial charge in [-0.2, -0.15) is 0 Å². The number of nitrogens with zero attached hydrogens (tertiary/aromatic N) is 3. The Balaban J connectivity index is 1.58. The third kappa shape index (κ3) is 3.36. The van der Waals surface area contributed by atoms with Crippen molar-refractivity contribution in [3.05, 3.63) is 35.5 Å². The van der Waals surface area contributed by atoms with Crippen LogP contribution in [-0.4, -0.2) is 46.5 Å². The zero-order valence-electron chi connectivity index (χ0n) is 12.4. The molecule has 3 heterocycles. The van der Waals surface area contributed by atoms with Crippen LogP contribution in [0.15, 0.2) is 30.6 Å². The largest absolute Gasteiger partial charge is 0.472 e. The maximum Gasteiger partial charge on any atom is 0.265 e. The molecule has 0 aromatic carbocycles. The van der Waals surface area contributed by atoms with Gasteiger partial charge in [-0.25, -0.2) is 9.97 Å². The van der Waals surface area contributed by atoms with E-state index in [4.69, 9.17) is 4.74 Å². The molecule has 6 nitrogen and oxygen atoms in total. The fourth-order valence-corrected chi connectivity index (χ4v) is 3.21. The topological polar surface area (TPSA) is 67.4 Å². The molecule has 116 valence electrons. The number of ether oxygens (including phenoxy) is 1. The van der Waals surface area contributed by atoms with Crippen LogP contribution in [0.4, 0.5) is 5.13 Å². The molecule has 22 heavy (non-hydrogen) atoms. The number of carbonyl (C=O) groups excluding carboxylic acids is 1. The Kier molecular flexibility index (Phi) is 4.53. The SMILES string of the molecule is CCNc1ncc(C(=O)N2CC[C@@H](Oc3ccccn3)C2)s1. The first-order valence-electron chi connectivity index (χ1n) is 7.33. The quantitative estimate of drug-likeness (QED) is 0.916. The van der Waals surface area contributed by atoms with E-state index < -0.39 is 0 Å². The van der Waals surface area contributed by atoms with Gasteiger partial charge < -0.3 is 15.0 Å². The van der Waals surface area contributed by atoms with Crippen molar-refractivity contribution in [2.24, 2.45) is 0 Å². The highest BCUT2D eigenvalue weighted by molar-refractivity contribution is 7.17. The Morgan fingerprint density at radius 3 is 3.18 bits per heavy atom. The van der Waals surface area contributed by atoms with Gasteiger partial charge in [0.25, 0.3) is 5.91 Å². The van der Waals surface area contributed by atoms with E-state index in [-0.39, 0.29) is 12.0 Å². The van der Waals surface area contributed by atoms with Crippen molar-refractivity contribution >= 4 is 22.4 Å². The maximum absolute atomic E-state index is 12.5. The number of anilines is 1. The number of thiazole rings is 1. The smallest absolute Gasteiger partial charge is 0.265 e. The van der Waals surface area contributed by atoms with Gasteiger partial charge in [0.05, 0.1) is 12.7 Å². The highest BCUT2D eigenvalue weighted by Crippen LogP contribution is 2.23. The molecule has 0 bridgehead atoms. The van der Waals surface area contributed by atoms with Gasteiger partial charge in [0.2, 0.25) is 5.88 Å². The highest BCUT2D eigenvalue weighted by atomic mass is 32.1. The van der Waals surface area contributed by atoms with Crippen molar-refractivity contribution in [2.75, 3.05) is 25.0 Å². The minimum Gasteiger partial charge on any atom is -0.472 e. The third-order valence-electron chi connectivity index (χ3n) is 3.40. The van der Waals surface area contributed by atoms with Crippen molar-refractivity contribution in [3.8, 4) is 5.88 Å². The number of likely N-dealkylation sites (tertiary alicyclic amines) is 1. The molecule has 0 unspecified atom stereocenters. The fourth-order valence-electron chi connectivity index (χ4n) is 2.36. The highest BCUT2D eigenvalue weighted by Gasteiger charge is 2.29. The zero-order valence-corrected chi connectivity index (χ0v) is 13.2. The van der Waals surface area contributed by atoms with Gasteiger partial charge >= 0.3 is 0 Å². The molecule has 1 N–H and O–H groups in total. The van der Waals surface area contributed by atoms with E-state index >= 15 is 0 Å². The Bertz CT molecular complexity index is 631. The molecule has 1 aliphatic rings. The second-order valence-corrected chi connectivity index (χ2v) is 6.04. The number of rotatable bonds is 5. The normalized spacial score (nSPS) is 17.5. The van der Waals surface area contributed by atoms with Crippen LogP contribution in [0.5, 0.6) is 5.88 Å². The molecule has 1 fully saturated rings. The van der Waals surface area contributed by atoms with Gasteiger partial charge in [-0.3, -0.25) is 4.79 Å². The molecule has 1 amide bonds. The fraction of sp³-hybridized carbons (Fsp3) is 0.400. The lowest BCUT2D eigenvalue weighted by Gasteiger charge is -2.15. The van der Waals surface area contributed by atoms with Crippen LogP contribution in [0, 0.1) is 0 Å². The van der Waals surface area contributed by atoms with Crippen molar-refractivity contribution in [3.63, 3.8) is 0 Å². The van der Waals surface area contributed by atoms with Crippen LogP contribution >= 0.6 is 11.3 Å². The summed E-state index contributed by atoms with van der Waals surface area (Å²) in [5, 5.41) is 3.90. The summed E-state index contributed by atoms with van der Waals surface area (Å²) in [6.07, 6.45) is 4.16. The van der Waals surface area contributed by atoms with Gasteiger partial charge in [-0.15, -0.1) is 0 Å². The molecule has 1 saturated heterocycles. The van der Waals surface area contributed by atoms with Crippen molar-refractivity contribution in [1.82, 2.24) is 14.9 Å². The first-order chi connectivity index (χ1) is 10.8. The van der Waals surface area contributed by atoms with Crippen molar-refractivity contribution < 1.29 is 9.53 Å². The predicted molar refractivity (Wildman–Crippen MR) is 85.5 cm³/mol. The number of amides is 1. The lowest BCUT2D eigenvalue weighted by molar-refractivity contribution is 0.0775. The maximum atomic E-state index is 12.5. The van der Waals surface area contributed by atoms with E-state index in [1.54, 1.807) is 12.4 Å². The van der Waals surface area contributed by atoms with E-state index in [9.17, 15) is 4.79 Å². The van der Waals surface area contributed by atoms with Crippen LogP contribution in [0.2, 0.25) is 0 Å². The van der Waals surface area contributed by atoms with Crippen LogP contribution < -0.4 is 10.1 Å². The molecule has 7 heteroatoms. The number of carbonyl (C=O) groups is 1. The monoisotopic (exact) mass is 318 g/mol. The Labute approximate surface area is 133 Å². The number of hydrogen-bond acceptors (Lipinski definition) is 6. The minimum atomic E-state index is 0.00000800. The molecule has 0 spiro atoms. The van der Waals surface area contributed by atoms with Gasteiger partial charge in [0.15, 0.2) is 5.13 Å². The molecular weight excluding hydrogens is 300 g/mol. The summed E-state index contributed by atoms with van der Waals surface area (Å²) in [5.74, 6) is 0.628. The van der Waals surface area contributed by atoms with E-state index in [2.05, 4.69) is 15.3 Å². The Morgan fingerprint density at radius 2 is 2.41 bits per heavy atom. The summed E-state index contributed by atoms with van der Waals surface area (Å²) < 4.78 is 5.81. The van der Waals surface area contributed by atoms with Gasteiger partial charge in [0.1, 0.15) is 11.0 Å². The van der Waals surface area contributed by atoms with Gasteiger partial charge in [0, 0.05) is 31.8 Å². The molecule has 2 aromatic heterocycles. The van der Waals surface area contributed by atoms with E-state index in [1.165, 1.54) is 11.3 Å². The average Bonchev–Trinajstić information content (AvgIpc) is 3.18. The molecule has 0 aliphatic carbocycles. The van der Waals surface area contributed by atoms with Crippen molar-refractivity contribution in [1.29, 1.82) is 0 Å². The van der Waals surface area contributed by atoms with E-state index in [0.29, 0.717) is 23.8 Å². The molecule has 3 rings (SSSR count). The molecule has 2 aromatic rings. The summed E-state index contributed by atoms with van der Waals surface area (Å²) in [7, 11) is 0. The Hall–Kier alpha value is -2.15. The predicted octanol–water partition coefficient (Wildman–Crippen LogP) is 2.26. The average molecular weight is 318 g/mol. The summed E-state index contributed by atoms with van der Waals surface area (Å²) >= 11 is 1.39. The molecule has 0 saturated carbocycles. The van der Waals surface area contributed by atoms with Gasteiger partial charge in [-0.05, 0) is 13.0 Å². The second-order valence-electron chi connectivity index (χ2n) is 5.01. The van der Waals surface area contributed by atoms with E-state index in [1.807, 2.05) is 30.0 Å². The number of hydrogen-bond donors (Lipinski definition) is 1. The summed E-state index contributed by atoms with van der Waals surface area (Å²) in [6, 6.07) is 5.57. The van der Waals surface area contributed by atoms with Crippen molar-refractivity contribution in [2.45, 2.75) is 19.4 Å². The summed E-state index contributed by atoms with van der Waals surface area (Å²) in [6.45, 7) is 4.09. The second kappa shape index (κ2) is 6.74. The van der Waals surface area contributed by atoms with Crippen LogP contribution in [0.25, 0.3) is 0 Å². The molecule has 1 atom stereocenters. The Morgan fingerprint density at radius 1 is 1.50 bits per heavy atom. The first kappa shape index (κ1) is 14.8. The van der Waals surface area contributed by atoms with Gasteiger partial charge in [-0.1, -0.05) is 17.4 Å². The minimum absolute atomic E-state index is 0.00000800. The number of pyridine rings is 1. The molecule has 1 aliphatic heterocycles. The first-order valence-corrected chi connectivity index (χ1v) is 8.14. The zero-order chi connectivity index (χ0) is 15.4. The van der Waals surface area contributed by atoms with Crippen LogP contribution in [0.1, 0.15) is 23.0 Å².